The first-order chi connectivity index (χ1) is 24.0. The van der Waals surface area contributed by atoms with Gasteiger partial charge in [0.25, 0.3) is 0 Å². The fraction of sp³-hybridized carbons (Fsp3) is 0.814. The topological polar surface area (TPSA) is 95.9 Å². The highest BCUT2D eigenvalue weighted by Gasteiger charge is 2.24. The van der Waals surface area contributed by atoms with E-state index >= 15 is 0 Å². The minimum Gasteiger partial charge on any atom is -0.462 e. The zero-order chi connectivity index (χ0) is 36.0. The Morgan fingerprint density at radius 2 is 1.10 bits per heavy atom. The van der Waals surface area contributed by atoms with Crippen LogP contribution in [-0.2, 0) is 14.3 Å². The zero-order valence-electron chi connectivity index (χ0n) is 32.3. The van der Waals surface area contributed by atoms with Gasteiger partial charge >= 0.3 is 5.97 Å². The summed E-state index contributed by atoms with van der Waals surface area (Å²) in [7, 11) is 0. The molecule has 0 radical (unpaired) electrons. The quantitative estimate of drug-likeness (QED) is 0.0346. The summed E-state index contributed by atoms with van der Waals surface area (Å²) in [6.45, 7) is 6.28. The second-order valence-corrected chi connectivity index (χ2v) is 14.1. The first-order valence-corrected chi connectivity index (χ1v) is 20.7. The highest BCUT2D eigenvalue weighted by atomic mass is 16.5. The molecule has 6 nitrogen and oxygen atoms in total. The second-order valence-electron chi connectivity index (χ2n) is 14.1. The fourth-order valence-corrected chi connectivity index (χ4v) is 6.13. The van der Waals surface area contributed by atoms with Gasteiger partial charge in [0.1, 0.15) is 6.10 Å². The Kier molecular flexibility index (Phi) is 35.9. The van der Waals surface area contributed by atoms with Crippen LogP contribution in [0.3, 0.4) is 0 Å². The molecule has 0 saturated heterocycles. The maximum Gasteiger partial charge on any atom is 0.306 e. The summed E-state index contributed by atoms with van der Waals surface area (Å²) in [4.78, 5) is 25.8. The molecular weight excluding hydrogens is 610 g/mol. The van der Waals surface area contributed by atoms with Crippen LogP contribution >= 0.6 is 0 Å². The molecule has 0 aromatic carbocycles. The minimum atomic E-state index is -0.784. The van der Waals surface area contributed by atoms with Crippen LogP contribution < -0.4 is 5.32 Å². The number of unbranched alkanes of at least 4 members (excludes halogenated alkanes) is 20. The molecule has 0 spiro atoms. The summed E-state index contributed by atoms with van der Waals surface area (Å²) in [5.74, 6) is -0.502. The Labute approximate surface area is 303 Å². The van der Waals surface area contributed by atoms with Gasteiger partial charge in [-0.3, -0.25) is 9.59 Å². The monoisotopic (exact) mass is 690 g/mol. The van der Waals surface area contributed by atoms with Gasteiger partial charge in [0, 0.05) is 6.42 Å². The van der Waals surface area contributed by atoms with Crippen molar-refractivity contribution in [2.24, 2.45) is 0 Å². The summed E-state index contributed by atoms with van der Waals surface area (Å²) < 4.78 is 5.85. The van der Waals surface area contributed by atoms with Crippen molar-refractivity contribution in [3.8, 4) is 0 Å². The maximum absolute atomic E-state index is 13.0. The number of amides is 1. The van der Waals surface area contributed by atoms with Crippen molar-refractivity contribution in [1.29, 1.82) is 0 Å². The third kappa shape index (κ3) is 33.0. The Bertz CT molecular complexity index is 823. The van der Waals surface area contributed by atoms with Crippen molar-refractivity contribution in [3.05, 3.63) is 36.5 Å². The van der Waals surface area contributed by atoms with Gasteiger partial charge in [-0.25, -0.2) is 0 Å². The van der Waals surface area contributed by atoms with E-state index in [2.05, 4.69) is 62.5 Å². The predicted molar refractivity (Wildman–Crippen MR) is 209 cm³/mol. The predicted octanol–water partition coefficient (Wildman–Crippen LogP) is 11.4. The van der Waals surface area contributed by atoms with E-state index in [0.29, 0.717) is 19.3 Å². The standard InChI is InChI=1S/C43H79NO5/c1-4-7-10-13-16-19-20-21-22-24-27-30-33-36-43(48)49-39(34-31-28-25-18-15-12-9-6-3)37-42(47)44-40(38-45)41(46)35-32-29-26-23-17-14-11-8-5-2/h7,10,13,16,19-20,39-41,45-46H,4-6,8-9,11-12,14-15,17-18,21-38H2,1-3H3,(H,44,47)/b10-7+,16-13+,20-19-. The van der Waals surface area contributed by atoms with E-state index in [1.54, 1.807) is 0 Å². The number of aliphatic hydroxyl groups is 2. The first kappa shape index (κ1) is 47.1. The molecule has 286 valence electrons. The van der Waals surface area contributed by atoms with Gasteiger partial charge in [0.2, 0.25) is 5.91 Å². The second kappa shape index (κ2) is 37.3. The highest BCUT2D eigenvalue weighted by molar-refractivity contribution is 5.77. The molecule has 0 aliphatic carbocycles. The van der Waals surface area contributed by atoms with Crippen molar-refractivity contribution < 1.29 is 24.5 Å². The van der Waals surface area contributed by atoms with Gasteiger partial charge < -0.3 is 20.3 Å². The summed E-state index contributed by atoms with van der Waals surface area (Å²) in [5, 5.41) is 23.5. The largest absolute Gasteiger partial charge is 0.462 e. The number of esters is 1. The summed E-state index contributed by atoms with van der Waals surface area (Å²) in [6.07, 6.45) is 40.7. The average Bonchev–Trinajstić information content (AvgIpc) is 3.09. The molecule has 0 saturated carbocycles. The molecule has 0 heterocycles. The van der Waals surface area contributed by atoms with E-state index in [1.165, 1.54) is 70.6 Å². The number of rotatable bonds is 36. The Morgan fingerprint density at radius 3 is 1.65 bits per heavy atom. The summed E-state index contributed by atoms with van der Waals surface area (Å²) in [5.41, 5.74) is 0. The van der Waals surface area contributed by atoms with Crippen molar-refractivity contribution in [2.45, 2.75) is 219 Å². The number of carbonyl (C=O) groups is 2. The van der Waals surface area contributed by atoms with Gasteiger partial charge in [-0.1, -0.05) is 179 Å². The van der Waals surface area contributed by atoms with Crippen LogP contribution in [0.2, 0.25) is 0 Å². The maximum atomic E-state index is 13.0. The van der Waals surface area contributed by atoms with E-state index in [4.69, 9.17) is 4.74 Å². The molecule has 0 aliphatic heterocycles. The van der Waals surface area contributed by atoms with Crippen LogP contribution in [0.15, 0.2) is 36.5 Å². The van der Waals surface area contributed by atoms with Crippen LogP contribution in [0.4, 0.5) is 0 Å². The number of hydrogen-bond acceptors (Lipinski definition) is 5. The molecule has 3 atom stereocenters. The molecule has 0 rings (SSSR count). The van der Waals surface area contributed by atoms with Crippen molar-refractivity contribution in [3.63, 3.8) is 0 Å². The smallest absolute Gasteiger partial charge is 0.306 e. The van der Waals surface area contributed by atoms with Gasteiger partial charge in [0.05, 0.1) is 25.2 Å². The van der Waals surface area contributed by atoms with Crippen LogP contribution in [-0.4, -0.2) is 46.9 Å². The number of allylic oxidation sites excluding steroid dienone is 6. The summed E-state index contributed by atoms with van der Waals surface area (Å²) in [6, 6.07) is -0.698. The molecule has 49 heavy (non-hydrogen) atoms. The number of aliphatic hydroxyl groups excluding tert-OH is 2. The molecule has 3 N–H and O–H groups in total. The van der Waals surface area contributed by atoms with Gasteiger partial charge in [0.15, 0.2) is 0 Å². The van der Waals surface area contributed by atoms with Gasteiger partial charge in [-0.2, -0.15) is 0 Å². The van der Waals surface area contributed by atoms with Crippen molar-refractivity contribution in [1.82, 2.24) is 5.32 Å². The van der Waals surface area contributed by atoms with E-state index in [-0.39, 0.29) is 24.9 Å². The first-order valence-electron chi connectivity index (χ1n) is 20.7. The number of nitrogens with one attached hydrogen (secondary N) is 1. The van der Waals surface area contributed by atoms with Gasteiger partial charge in [-0.15, -0.1) is 0 Å². The molecule has 3 unspecified atom stereocenters. The fourth-order valence-electron chi connectivity index (χ4n) is 6.13. The lowest BCUT2D eigenvalue weighted by Crippen LogP contribution is -2.46. The minimum absolute atomic E-state index is 0.0705. The number of carbonyl (C=O) groups excluding carboxylic acids is 2. The third-order valence-corrected chi connectivity index (χ3v) is 9.29. The van der Waals surface area contributed by atoms with E-state index in [1.807, 2.05) is 0 Å². The Balaban J connectivity index is 4.57. The van der Waals surface area contributed by atoms with Crippen LogP contribution in [0.25, 0.3) is 0 Å². The number of ether oxygens (including phenoxy) is 1. The van der Waals surface area contributed by atoms with E-state index in [0.717, 1.165) is 83.5 Å². The Hall–Kier alpha value is -1.92. The molecular formula is C43H79NO5. The Morgan fingerprint density at radius 1 is 0.612 bits per heavy atom. The van der Waals surface area contributed by atoms with Crippen LogP contribution in [0.5, 0.6) is 0 Å². The average molecular weight is 690 g/mol. The third-order valence-electron chi connectivity index (χ3n) is 9.29. The van der Waals surface area contributed by atoms with E-state index in [9.17, 15) is 19.8 Å². The molecule has 0 aliphatic rings. The molecule has 0 fully saturated rings. The SMILES string of the molecule is CC/C=C/C=C/C=C\CCCCCCCC(=O)OC(CCCCCCCCCC)CC(=O)NC(CO)C(O)CCCCCCCCCCC. The molecule has 6 heteroatoms. The lowest BCUT2D eigenvalue weighted by molar-refractivity contribution is -0.151. The lowest BCUT2D eigenvalue weighted by Gasteiger charge is -2.24. The summed E-state index contributed by atoms with van der Waals surface area (Å²) >= 11 is 0. The highest BCUT2D eigenvalue weighted by Crippen LogP contribution is 2.17. The van der Waals surface area contributed by atoms with Crippen molar-refractivity contribution in [2.75, 3.05) is 6.61 Å². The van der Waals surface area contributed by atoms with Crippen molar-refractivity contribution >= 4 is 11.9 Å². The number of hydrogen-bond donors (Lipinski definition) is 3. The molecule has 0 bridgehead atoms. The molecule has 0 aromatic rings. The van der Waals surface area contributed by atoms with E-state index < -0.39 is 18.2 Å². The normalized spacial score (nSPS) is 13.8. The lowest BCUT2D eigenvalue weighted by atomic mass is 10.0. The van der Waals surface area contributed by atoms with Crippen LogP contribution in [0, 0.1) is 0 Å². The van der Waals surface area contributed by atoms with Gasteiger partial charge in [-0.05, 0) is 44.9 Å². The molecule has 0 aromatic heterocycles. The van der Waals surface area contributed by atoms with Crippen LogP contribution in [0.1, 0.15) is 201 Å². The zero-order valence-corrected chi connectivity index (χ0v) is 32.3. The molecule has 1 amide bonds.